The third kappa shape index (κ3) is 2.25. The summed E-state index contributed by atoms with van der Waals surface area (Å²) in [5, 5.41) is 20.1. The van der Waals surface area contributed by atoms with E-state index in [0.717, 1.165) is 11.1 Å². The summed E-state index contributed by atoms with van der Waals surface area (Å²) in [6.07, 6.45) is -0.0738. The van der Waals surface area contributed by atoms with Gasteiger partial charge in [0.25, 0.3) is 0 Å². The lowest BCUT2D eigenvalue weighted by molar-refractivity contribution is 0.375. The van der Waals surface area contributed by atoms with Gasteiger partial charge in [0.15, 0.2) is 0 Å². The van der Waals surface area contributed by atoms with Crippen LogP contribution in [0.15, 0.2) is 42.5 Å². The summed E-state index contributed by atoms with van der Waals surface area (Å²) >= 11 is 0. The largest absolute Gasteiger partial charge is 0.508 e. The number of ether oxygens (including phenoxy) is 1. The second kappa shape index (κ2) is 4.84. The molecule has 2 aromatic rings. The number of hydrogen-bond acceptors (Lipinski definition) is 3. The van der Waals surface area contributed by atoms with Crippen molar-refractivity contribution in [3.8, 4) is 11.5 Å². The van der Waals surface area contributed by atoms with E-state index in [1.165, 1.54) is 0 Å². The van der Waals surface area contributed by atoms with Crippen LogP contribution >= 0.6 is 0 Å². The van der Waals surface area contributed by atoms with Gasteiger partial charge in [0.2, 0.25) is 0 Å². The van der Waals surface area contributed by atoms with Crippen LogP contribution in [0.5, 0.6) is 11.5 Å². The first-order valence-corrected chi connectivity index (χ1v) is 6.84. The Morgan fingerprint density at radius 3 is 2.00 bits per heavy atom. The minimum Gasteiger partial charge on any atom is -0.508 e. The summed E-state index contributed by atoms with van der Waals surface area (Å²) in [6, 6.07) is 13.4. The molecule has 20 heavy (non-hydrogen) atoms. The van der Waals surface area contributed by atoms with Crippen molar-refractivity contribution in [3.05, 3.63) is 59.2 Å². The normalized spacial score (nSPS) is 21.1. The summed E-state index contributed by atoms with van der Waals surface area (Å²) in [4.78, 5) is 0. The summed E-state index contributed by atoms with van der Waals surface area (Å²) in [6.45, 7) is 3.88. The van der Waals surface area contributed by atoms with Crippen molar-refractivity contribution < 1.29 is 14.9 Å². The Balaban J connectivity index is 1.87. The highest BCUT2D eigenvalue weighted by atomic mass is 16.6. The summed E-state index contributed by atoms with van der Waals surface area (Å²) in [7, 11) is 0. The minimum atomic E-state index is -0.0876. The maximum atomic E-state index is 10.1. The molecule has 0 saturated carbocycles. The summed E-state index contributed by atoms with van der Waals surface area (Å²) in [5.41, 5.74) is 2.52. The predicted octanol–water partition coefficient (Wildman–Crippen LogP) is 4.03. The van der Waals surface area contributed by atoms with Crippen LogP contribution in [0, 0.1) is 0 Å². The first-order valence-electron chi connectivity index (χ1n) is 6.84. The van der Waals surface area contributed by atoms with Gasteiger partial charge in [0.05, 0.1) is 0 Å². The molecule has 0 aromatic heterocycles. The molecule has 0 unspecified atom stereocenters. The molecule has 0 amide bonds. The number of phenols is 2. The SMILES string of the molecule is CC(C)c1c(O)cc([C@H]2O[C@@H]2c2ccccc2)cc1O. The number of aromatic hydroxyl groups is 2. The minimum absolute atomic E-state index is 0.0138. The summed E-state index contributed by atoms with van der Waals surface area (Å²) < 4.78 is 5.68. The molecule has 1 fully saturated rings. The van der Waals surface area contributed by atoms with Crippen molar-refractivity contribution in [1.82, 2.24) is 0 Å². The van der Waals surface area contributed by atoms with Crippen LogP contribution < -0.4 is 0 Å². The van der Waals surface area contributed by atoms with Crippen molar-refractivity contribution in [2.24, 2.45) is 0 Å². The molecule has 2 aromatic carbocycles. The maximum absolute atomic E-state index is 10.1. The van der Waals surface area contributed by atoms with E-state index in [4.69, 9.17) is 4.74 Å². The molecule has 0 bridgehead atoms. The van der Waals surface area contributed by atoms with Crippen molar-refractivity contribution >= 4 is 0 Å². The standard InChI is InChI=1S/C17H18O3/c1-10(2)15-13(18)8-12(9-14(15)19)17-16(20-17)11-6-4-3-5-7-11/h3-10,16-19H,1-2H3/t16-,17-/m1/s1. The first kappa shape index (κ1) is 13.0. The second-order valence-corrected chi connectivity index (χ2v) is 5.52. The Morgan fingerprint density at radius 1 is 0.900 bits per heavy atom. The highest BCUT2D eigenvalue weighted by molar-refractivity contribution is 5.50. The molecule has 3 heteroatoms. The van der Waals surface area contributed by atoms with Crippen molar-refractivity contribution in [2.75, 3.05) is 0 Å². The number of phenolic OH excluding ortho intramolecular Hbond substituents is 2. The molecule has 3 rings (SSSR count). The lowest BCUT2D eigenvalue weighted by Crippen LogP contribution is -1.92. The molecule has 0 aliphatic carbocycles. The van der Waals surface area contributed by atoms with E-state index >= 15 is 0 Å². The molecule has 1 saturated heterocycles. The Kier molecular flexibility index (Phi) is 3.14. The second-order valence-electron chi connectivity index (χ2n) is 5.52. The van der Waals surface area contributed by atoms with Crippen LogP contribution in [0.3, 0.4) is 0 Å². The molecule has 2 N–H and O–H groups in total. The highest BCUT2D eigenvalue weighted by Gasteiger charge is 2.42. The van der Waals surface area contributed by atoms with Gasteiger partial charge >= 0.3 is 0 Å². The molecule has 1 heterocycles. The van der Waals surface area contributed by atoms with Gasteiger partial charge in [-0.3, -0.25) is 0 Å². The zero-order valence-electron chi connectivity index (χ0n) is 11.6. The molecule has 0 spiro atoms. The zero-order chi connectivity index (χ0) is 14.3. The van der Waals surface area contributed by atoms with Crippen molar-refractivity contribution in [1.29, 1.82) is 0 Å². The zero-order valence-corrected chi connectivity index (χ0v) is 11.6. The molecular weight excluding hydrogens is 252 g/mol. The van der Waals surface area contributed by atoms with Gasteiger partial charge in [-0.25, -0.2) is 0 Å². The van der Waals surface area contributed by atoms with Crippen molar-refractivity contribution in [3.63, 3.8) is 0 Å². The molecule has 1 aliphatic heterocycles. The number of hydrogen-bond donors (Lipinski definition) is 2. The Bertz CT molecular complexity index is 596. The smallest absolute Gasteiger partial charge is 0.123 e. The van der Waals surface area contributed by atoms with Gasteiger partial charge in [0, 0.05) is 5.56 Å². The lowest BCUT2D eigenvalue weighted by atomic mass is 9.96. The van der Waals surface area contributed by atoms with E-state index < -0.39 is 0 Å². The fourth-order valence-electron chi connectivity index (χ4n) is 2.66. The van der Waals surface area contributed by atoms with E-state index in [-0.39, 0.29) is 29.6 Å². The summed E-state index contributed by atoms with van der Waals surface area (Å²) in [5.74, 6) is 0.351. The van der Waals surface area contributed by atoms with Gasteiger partial charge in [-0.15, -0.1) is 0 Å². The highest BCUT2D eigenvalue weighted by Crippen LogP contribution is 2.52. The Morgan fingerprint density at radius 2 is 1.45 bits per heavy atom. The average molecular weight is 270 g/mol. The first-order chi connectivity index (χ1) is 9.58. The van der Waals surface area contributed by atoms with Gasteiger partial charge in [-0.05, 0) is 29.2 Å². The maximum Gasteiger partial charge on any atom is 0.123 e. The molecule has 3 nitrogen and oxygen atoms in total. The quantitative estimate of drug-likeness (QED) is 0.828. The third-order valence-corrected chi connectivity index (χ3v) is 3.68. The predicted molar refractivity (Wildman–Crippen MR) is 76.9 cm³/mol. The van der Waals surface area contributed by atoms with Gasteiger partial charge in [0.1, 0.15) is 23.7 Å². The Labute approximate surface area is 118 Å². The van der Waals surface area contributed by atoms with Crippen LogP contribution in [-0.2, 0) is 4.74 Å². The fourth-order valence-corrected chi connectivity index (χ4v) is 2.66. The van der Waals surface area contributed by atoms with Crippen molar-refractivity contribution in [2.45, 2.75) is 32.0 Å². The van der Waals surface area contributed by atoms with E-state index in [1.54, 1.807) is 12.1 Å². The van der Waals surface area contributed by atoms with Gasteiger partial charge in [-0.1, -0.05) is 44.2 Å². The Hall–Kier alpha value is -2.00. The fraction of sp³-hybridized carbons (Fsp3) is 0.294. The average Bonchev–Trinajstić information content (AvgIpc) is 3.18. The van der Waals surface area contributed by atoms with Crippen LogP contribution in [-0.4, -0.2) is 10.2 Å². The number of epoxide rings is 1. The molecule has 1 aliphatic rings. The lowest BCUT2D eigenvalue weighted by Gasteiger charge is -2.12. The van der Waals surface area contributed by atoms with E-state index in [9.17, 15) is 10.2 Å². The van der Waals surface area contributed by atoms with Crippen LogP contribution in [0.1, 0.15) is 48.7 Å². The van der Waals surface area contributed by atoms with E-state index in [2.05, 4.69) is 0 Å². The topological polar surface area (TPSA) is 53.0 Å². The van der Waals surface area contributed by atoms with Gasteiger partial charge < -0.3 is 14.9 Å². The number of benzene rings is 2. The molecular formula is C17H18O3. The van der Waals surface area contributed by atoms with Crippen LogP contribution in [0.25, 0.3) is 0 Å². The molecule has 0 radical (unpaired) electrons. The van der Waals surface area contributed by atoms with E-state index in [1.807, 2.05) is 44.2 Å². The molecule has 2 atom stereocenters. The third-order valence-electron chi connectivity index (χ3n) is 3.68. The van der Waals surface area contributed by atoms with E-state index in [0.29, 0.717) is 5.56 Å². The van der Waals surface area contributed by atoms with Gasteiger partial charge in [-0.2, -0.15) is 0 Å². The monoisotopic (exact) mass is 270 g/mol. The molecule has 104 valence electrons. The number of rotatable bonds is 3. The van der Waals surface area contributed by atoms with Crippen LogP contribution in [0.2, 0.25) is 0 Å². The van der Waals surface area contributed by atoms with Crippen LogP contribution in [0.4, 0.5) is 0 Å².